The number of esters is 1. The summed E-state index contributed by atoms with van der Waals surface area (Å²) >= 11 is 0. The Bertz CT molecular complexity index is 771. The summed E-state index contributed by atoms with van der Waals surface area (Å²) in [5.41, 5.74) is 6.91. The van der Waals surface area contributed by atoms with Crippen molar-refractivity contribution in [3.63, 3.8) is 0 Å². The molecule has 2 N–H and O–H groups in total. The summed E-state index contributed by atoms with van der Waals surface area (Å²) in [7, 11) is 1.54. The summed E-state index contributed by atoms with van der Waals surface area (Å²) < 4.78 is 15.7. The zero-order chi connectivity index (χ0) is 17.7. The van der Waals surface area contributed by atoms with Crippen molar-refractivity contribution < 1.29 is 19.0 Å². The lowest BCUT2D eigenvalue weighted by Crippen LogP contribution is -2.25. The van der Waals surface area contributed by atoms with Gasteiger partial charge in [0.1, 0.15) is 29.8 Å². The molecule has 1 aromatic rings. The van der Waals surface area contributed by atoms with E-state index >= 15 is 0 Å². The fraction of sp³-hybridized carbons (Fsp3) is 0.222. The van der Waals surface area contributed by atoms with E-state index in [4.69, 9.17) is 19.9 Å². The summed E-state index contributed by atoms with van der Waals surface area (Å²) in [5.74, 6) is -0.389. The van der Waals surface area contributed by atoms with Crippen molar-refractivity contribution in [1.82, 2.24) is 0 Å². The number of hydrogen-bond donors (Lipinski definition) is 1. The van der Waals surface area contributed by atoms with Crippen LogP contribution in [0.1, 0.15) is 18.4 Å². The first kappa shape index (κ1) is 17.2. The topological polar surface area (TPSA) is 94.6 Å². The molecule has 1 atom stereocenters. The number of carbonyl (C=O) groups is 1. The van der Waals surface area contributed by atoms with Crippen LogP contribution in [-0.2, 0) is 14.3 Å². The summed E-state index contributed by atoms with van der Waals surface area (Å²) in [6.45, 7) is 5.18. The van der Waals surface area contributed by atoms with E-state index in [2.05, 4.69) is 6.58 Å². The molecule has 2 rings (SSSR count). The molecule has 0 fully saturated rings. The Balaban J connectivity index is 2.57. The smallest absolute Gasteiger partial charge is 0.338 e. The number of carbonyl (C=O) groups excluding carboxylic acids is 1. The van der Waals surface area contributed by atoms with Crippen LogP contribution in [0.25, 0.3) is 0 Å². The van der Waals surface area contributed by atoms with E-state index in [1.165, 1.54) is 6.08 Å². The van der Waals surface area contributed by atoms with E-state index in [1.54, 1.807) is 38.3 Å². The van der Waals surface area contributed by atoms with Crippen molar-refractivity contribution in [3.8, 4) is 11.8 Å². The summed E-state index contributed by atoms with van der Waals surface area (Å²) in [4.78, 5) is 12.5. The van der Waals surface area contributed by atoms with E-state index in [1.807, 2.05) is 6.07 Å². The maximum absolute atomic E-state index is 12.5. The number of nitriles is 1. The van der Waals surface area contributed by atoms with Gasteiger partial charge in [0.2, 0.25) is 5.88 Å². The van der Waals surface area contributed by atoms with Crippen LogP contribution < -0.4 is 10.5 Å². The van der Waals surface area contributed by atoms with Gasteiger partial charge < -0.3 is 19.9 Å². The fourth-order valence-corrected chi connectivity index (χ4v) is 2.51. The number of benzene rings is 1. The molecule has 0 unspecified atom stereocenters. The van der Waals surface area contributed by atoms with Gasteiger partial charge in [-0.15, -0.1) is 0 Å². The van der Waals surface area contributed by atoms with Crippen LogP contribution in [0.2, 0.25) is 0 Å². The van der Waals surface area contributed by atoms with Crippen LogP contribution in [-0.4, -0.2) is 19.7 Å². The minimum Gasteiger partial charge on any atom is -0.497 e. The number of methoxy groups -OCH3 is 1. The lowest BCUT2D eigenvalue weighted by Gasteiger charge is -2.27. The maximum atomic E-state index is 12.5. The van der Waals surface area contributed by atoms with Crippen molar-refractivity contribution >= 4 is 5.97 Å². The highest BCUT2D eigenvalue weighted by Gasteiger charge is 2.36. The van der Waals surface area contributed by atoms with Crippen LogP contribution in [0, 0.1) is 11.3 Å². The first-order valence-electron chi connectivity index (χ1n) is 7.23. The zero-order valence-corrected chi connectivity index (χ0v) is 13.5. The molecular weight excluding hydrogens is 308 g/mol. The Morgan fingerprint density at radius 2 is 2.29 bits per heavy atom. The Labute approximate surface area is 140 Å². The molecule has 0 aliphatic carbocycles. The van der Waals surface area contributed by atoms with Crippen LogP contribution in [0.3, 0.4) is 0 Å². The van der Waals surface area contributed by atoms with Gasteiger partial charge >= 0.3 is 5.97 Å². The summed E-state index contributed by atoms with van der Waals surface area (Å²) in [6.07, 6.45) is 1.47. The van der Waals surface area contributed by atoms with Gasteiger partial charge in [-0.05, 0) is 24.6 Å². The fourth-order valence-electron chi connectivity index (χ4n) is 2.51. The van der Waals surface area contributed by atoms with E-state index in [-0.39, 0.29) is 23.6 Å². The minimum absolute atomic E-state index is 0.0249. The number of ether oxygens (including phenoxy) is 3. The van der Waals surface area contributed by atoms with Gasteiger partial charge in [-0.25, -0.2) is 4.79 Å². The molecule has 6 nitrogen and oxygen atoms in total. The monoisotopic (exact) mass is 326 g/mol. The predicted molar refractivity (Wildman–Crippen MR) is 87.5 cm³/mol. The third kappa shape index (κ3) is 3.25. The maximum Gasteiger partial charge on any atom is 0.338 e. The molecule has 0 saturated carbocycles. The molecule has 1 aromatic carbocycles. The number of rotatable bonds is 5. The third-order valence-electron chi connectivity index (χ3n) is 3.58. The van der Waals surface area contributed by atoms with Gasteiger partial charge in [-0.3, -0.25) is 0 Å². The number of nitrogens with zero attached hydrogens (tertiary/aromatic N) is 1. The van der Waals surface area contributed by atoms with Crippen molar-refractivity contribution in [2.24, 2.45) is 5.73 Å². The Hall–Kier alpha value is -3.20. The lowest BCUT2D eigenvalue weighted by atomic mass is 9.83. The molecule has 0 radical (unpaired) electrons. The predicted octanol–water partition coefficient (Wildman–Crippen LogP) is 2.51. The van der Waals surface area contributed by atoms with Crippen LogP contribution in [0.5, 0.6) is 5.75 Å². The molecule has 0 bridgehead atoms. The standard InChI is InChI=1S/C18H18N2O4/c1-4-8-23-18(21)15-11(2)24-17(20)14(10-19)16(15)12-6-5-7-13(9-12)22-3/h4-7,9,16H,1,8,20H2,2-3H3/t16-/m0/s1. The Morgan fingerprint density at radius 3 is 2.92 bits per heavy atom. The Morgan fingerprint density at radius 1 is 1.54 bits per heavy atom. The first-order chi connectivity index (χ1) is 11.5. The number of allylic oxidation sites excluding steroid dienone is 2. The third-order valence-corrected chi connectivity index (χ3v) is 3.58. The van der Waals surface area contributed by atoms with Crippen molar-refractivity contribution in [3.05, 3.63) is 65.3 Å². The SMILES string of the molecule is C=CCOC(=O)C1=C(C)OC(N)=C(C#N)[C@@H]1c1cccc(OC)c1. The normalized spacial score (nSPS) is 17.0. The largest absolute Gasteiger partial charge is 0.497 e. The van der Waals surface area contributed by atoms with E-state index < -0.39 is 11.9 Å². The lowest BCUT2D eigenvalue weighted by molar-refractivity contribution is -0.138. The second-order valence-electron chi connectivity index (χ2n) is 5.06. The van der Waals surface area contributed by atoms with Crippen LogP contribution in [0.4, 0.5) is 0 Å². The average molecular weight is 326 g/mol. The van der Waals surface area contributed by atoms with Gasteiger partial charge in [0.25, 0.3) is 0 Å². The van der Waals surface area contributed by atoms with E-state index in [0.29, 0.717) is 17.1 Å². The van der Waals surface area contributed by atoms with Crippen molar-refractivity contribution in [1.29, 1.82) is 5.26 Å². The molecule has 1 aliphatic heterocycles. The molecule has 124 valence electrons. The molecule has 0 saturated heterocycles. The average Bonchev–Trinajstić information content (AvgIpc) is 2.59. The van der Waals surface area contributed by atoms with Crippen molar-refractivity contribution in [2.75, 3.05) is 13.7 Å². The minimum atomic E-state index is -0.684. The van der Waals surface area contributed by atoms with Crippen molar-refractivity contribution in [2.45, 2.75) is 12.8 Å². The molecule has 1 heterocycles. The zero-order valence-electron chi connectivity index (χ0n) is 13.5. The highest BCUT2D eigenvalue weighted by Crippen LogP contribution is 2.40. The van der Waals surface area contributed by atoms with Gasteiger partial charge in [0.05, 0.1) is 18.6 Å². The number of nitrogens with two attached hydrogens (primary N) is 1. The molecule has 0 aromatic heterocycles. The molecule has 0 amide bonds. The highest BCUT2D eigenvalue weighted by molar-refractivity contribution is 5.92. The van der Waals surface area contributed by atoms with Gasteiger partial charge in [-0.1, -0.05) is 24.8 Å². The Kier molecular flexibility index (Phi) is 5.27. The molecule has 24 heavy (non-hydrogen) atoms. The second kappa shape index (κ2) is 7.38. The second-order valence-corrected chi connectivity index (χ2v) is 5.06. The van der Waals surface area contributed by atoms with Crippen LogP contribution in [0.15, 0.2) is 59.7 Å². The van der Waals surface area contributed by atoms with Crippen LogP contribution >= 0.6 is 0 Å². The van der Waals surface area contributed by atoms with E-state index in [9.17, 15) is 10.1 Å². The quantitative estimate of drug-likeness (QED) is 0.660. The van der Waals surface area contributed by atoms with Gasteiger partial charge in [0.15, 0.2) is 0 Å². The molecule has 1 aliphatic rings. The van der Waals surface area contributed by atoms with Gasteiger partial charge in [0, 0.05) is 0 Å². The summed E-state index contributed by atoms with van der Waals surface area (Å²) in [6, 6.07) is 9.11. The molecule has 6 heteroatoms. The molecular formula is C18H18N2O4. The first-order valence-corrected chi connectivity index (χ1v) is 7.23. The number of hydrogen-bond acceptors (Lipinski definition) is 6. The van der Waals surface area contributed by atoms with Gasteiger partial charge in [-0.2, -0.15) is 5.26 Å². The molecule has 0 spiro atoms. The highest BCUT2D eigenvalue weighted by atomic mass is 16.5. The van der Waals surface area contributed by atoms with E-state index in [0.717, 1.165) is 0 Å². The summed E-state index contributed by atoms with van der Waals surface area (Å²) in [5, 5.41) is 9.49.